The van der Waals surface area contributed by atoms with Crippen LogP contribution in [-0.2, 0) is 4.79 Å². The van der Waals surface area contributed by atoms with Gasteiger partial charge in [-0.2, -0.15) is 0 Å². The standard InChI is InChI=1S/C9H8O3.ClH/c1-2-4-7(9(10)11)8-5-3-6-12-8;/h2-6H,1H2,(H,10,11);1H. The average molecular weight is 201 g/mol. The van der Waals surface area contributed by atoms with Crippen LogP contribution in [0.5, 0.6) is 0 Å². The van der Waals surface area contributed by atoms with Gasteiger partial charge in [0.1, 0.15) is 11.3 Å². The molecule has 0 spiro atoms. The minimum absolute atomic E-state index is 0. The normalized spacial score (nSPS) is 10.3. The maximum Gasteiger partial charge on any atom is 0.339 e. The summed E-state index contributed by atoms with van der Waals surface area (Å²) in [7, 11) is 0. The predicted molar refractivity (Wildman–Crippen MR) is 51.8 cm³/mol. The van der Waals surface area contributed by atoms with E-state index in [1.807, 2.05) is 0 Å². The van der Waals surface area contributed by atoms with Crippen molar-refractivity contribution in [2.75, 3.05) is 0 Å². The molecule has 0 atom stereocenters. The van der Waals surface area contributed by atoms with Gasteiger partial charge in [-0.25, -0.2) is 4.79 Å². The molecule has 0 saturated carbocycles. The lowest BCUT2D eigenvalue weighted by molar-refractivity contribution is -0.130. The van der Waals surface area contributed by atoms with Crippen LogP contribution >= 0.6 is 12.4 Å². The topological polar surface area (TPSA) is 50.4 Å². The van der Waals surface area contributed by atoms with E-state index in [0.29, 0.717) is 5.76 Å². The van der Waals surface area contributed by atoms with E-state index in [9.17, 15) is 4.79 Å². The van der Waals surface area contributed by atoms with Gasteiger partial charge in [0.25, 0.3) is 0 Å². The maximum absolute atomic E-state index is 10.6. The molecule has 1 N–H and O–H groups in total. The van der Waals surface area contributed by atoms with Gasteiger partial charge in [-0.1, -0.05) is 12.7 Å². The molecule has 0 aliphatic heterocycles. The molecule has 1 heterocycles. The fourth-order valence-corrected chi connectivity index (χ4v) is 0.808. The molecule has 70 valence electrons. The number of allylic oxidation sites excluding steroid dienone is 2. The SMILES string of the molecule is C=CC=C(C(=O)O)c1ccco1.Cl. The number of aliphatic carboxylic acids is 1. The van der Waals surface area contributed by atoms with Crippen LogP contribution in [0.2, 0.25) is 0 Å². The van der Waals surface area contributed by atoms with E-state index in [0.717, 1.165) is 0 Å². The van der Waals surface area contributed by atoms with E-state index in [1.54, 1.807) is 12.1 Å². The summed E-state index contributed by atoms with van der Waals surface area (Å²) in [5, 5.41) is 8.70. The third-order valence-corrected chi connectivity index (χ3v) is 1.30. The Morgan fingerprint density at radius 1 is 1.62 bits per heavy atom. The Labute approximate surface area is 81.8 Å². The Bertz CT molecular complexity index is 312. The zero-order chi connectivity index (χ0) is 8.97. The van der Waals surface area contributed by atoms with Crippen LogP contribution in [0.1, 0.15) is 5.76 Å². The van der Waals surface area contributed by atoms with Crippen LogP contribution in [0.15, 0.2) is 41.5 Å². The first kappa shape index (κ1) is 11.5. The van der Waals surface area contributed by atoms with Gasteiger partial charge in [0.15, 0.2) is 0 Å². The summed E-state index contributed by atoms with van der Waals surface area (Å²) in [5.41, 5.74) is 0.106. The molecule has 0 saturated heterocycles. The van der Waals surface area contributed by atoms with Crippen molar-refractivity contribution in [1.82, 2.24) is 0 Å². The largest absolute Gasteiger partial charge is 0.478 e. The van der Waals surface area contributed by atoms with Crippen LogP contribution in [0, 0.1) is 0 Å². The second-order valence-corrected chi connectivity index (χ2v) is 2.10. The zero-order valence-electron chi connectivity index (χ0n) is 6.77. The maximum atomic E-state index is 10.6. The van der Waals surface area contributed by atoms with E-state index in [-0.39, 0.29) is 18.0 Å². The summed E-state index contributed by atoms with van der Waals surface area (Å²) in [6, 6.07) is 3.22. The molecule has 1 aromatic rings. The number of halogens is 1. The third-order valence-electron chi connectivity index (χ3n) is 1.30. The smallest absolute Gasteiger partial charge is 0.339 e. The summed E-state index contributed by atoms with van der Waals surface area (Å²) >= 11 is 0. The highest BCUT2D eigenvalue weighted by molar-refractivity contribution is 6.14. The Morgan fingerprint density at radius 3 is 2.69 bits per heavy atom. The van der Waals surface area contributed by atoms with Crippen LogP contribution in [0.4, 0.5) is 0 Å². The van der Waals surface area contributed by atoms with Gasteiger partial charge < -0.3 is 9.52 Å². The van der Waals surface area contributed by atoms with E-state index in [4.69, 9.17) is 9.52 Å². The van der Waals surface area contributed by atoms with E-state index < -0.39 is 5.97 Å². The molecular formula is C9H9ClO3. The first-order chi connectivity index (χ1) is 5.75. The fourth-order valence-electron chi connectivity index (χ4n) is 0.808. The lowest BCUT2D eigenvalue weighted by Crippen LogP contribution is -1.97. The van der Waals surface area contributed by atoms with Crippen molar-refractivity contribution in [3.8, 4) is 0 Å². The minimum atomic E-state index is -1.02. The number of rotatable bonds is 3. The van der Waals surface area contributed by atoms with Gasteiger partial charge in [-0.3, -0.25) is 0 Å². The second kappa shape index (κ2) is 5.22. The van der Waals surface area contributed by atoms with Crippen LogP contribution in [0.25, 0.3) is 5.57 Å². The minimum Gasteiger partial charge on any atom is -0.478 e. The van der Waals surface area contributed by atoms with Gasteiger partial charge in [0, 0.05) is 0 Å². The highest BCUT2D eigenvalue weighted by atomic mass is 35.5. The van der Waals surface area contributed by atoms with Gasteiger partial charge in [0.05, 0.1) is 6.26 Å². The van der Waals surface area contributed by atoms with Gasteiger partial charge in [0.2, 0.25) is 0 Å². The zero-order valence-corrected chi connectivity index (χ0v) is 7.58. The molecule has 0 unspecified atom stereocenters. The molecule has 0 aliphatic rings. The average Bonchev–Trinajstić information content (AvgIpc) is 2.51. The Balaban J connectivity index is 0.00000144. The Kier molecular flexibility index (Phi) is 4.62. The van der Waals surface area contributed by atoms with Crippen LogP contribution < -0.4 is 0 Å². The van der Waals surface area contributed by atoms with E-state index in [2.05, 4.69) is 6.58 Å². The molecule has 1 aromatic heterocycles. The van der Waals surface area contributed by atoms with Crippen molar-refractivity contribution >= 4 is 23.9 Å². The number of hydrogen-bond donors (Lipinski definition) is 1. The van der Waals surface area contributed by atoms with Crippen molar-refractivity contribution in [1.29, 1.82) is 0 Å². The lowest BCUT2D eigenvalue weighted by Gasteiger charge is -1.94. The predicted octanol–water partition coefficient (Wildman–Crippen LogP) is 2.36. The van der Waals surface area contributed by atoms with Gasteiger partial charge in [-0.05, 0) is 18.2 Å². The first-order valence-corrected chi connectivity index (χ1v) is 3.35. The van der Waals surface area contributed by atoms with Gasteiger partial charge in [-0.15, -0.1) is 12.4 Å². The number of carboxylic acid groups (broad SMARTS) is 1. The molecule has 0 fully saturated rings. The number of carboxylic acids is 1. The summed E-state index contributed by atoms with van der Waals surface area (Å²) in [5.74, 6) is -0.688. The molecule has 0 aliphatic carbocycles. The third kappa shape index (κ3) is 2.80. The highest BCUT2D eigenvalue weighted by Gasteiger charge is 2.10. The molecule has 0 radical (unpaired) electrons. The van der Waals surface area contributed by atoms with E-state index >= 15 is 0 Å². The van der Waals surface area contributed by atoms with Gasteiger partial charge >= 0.3 is 5.97 Å². The summed E-state index contributed by atoms with van der Waals surface area (Å²) in [6.07, 6.45) is 4.22. The number of furan rings is 1. The van der Waals surface area contributed by atoms with Crippen molar-refractivity contribution in [2.24, 2.45) is 0 Å². The number of carbonyl (C=O) groups is 1. The van der Waals surface area contributed by atoms with Crippen molar-refractivity contribution in [2.45, 2.75) is 0 Å². The molecule has 3 nitrogen and oxygen atoms in total. The monoisotopic (exact) mass is 200 g/mol. The molecule has 0 aromatic carbocycles. The summed E-state index contributed by atoms with van der Waals surface area (Å²) in [6.45, 7) is 3.41. The van der Waals surface area contributed by atoms with Crippen LogP contribution in [-0.4, -0.2) is 11.1 Å². The highest BCUT2D eigenvalue weighted by Crippen LogP contribution is 2.14. The second-order valence-electron chi connectivity index (χ2n) is 2.10. The fraction of sp³-hybridized carbons (Fsp3) is 0. The Morgan fingerprint density at radius 2 is 2.31 bits per heavy atom. The molecule has 4 heteroatoms. The van der Waals surface area contributed by atoms with Crippen LogP contribution in [0.3, 0.4) is 0 Å². The van der Waals surface area contributed by atoms with Crippen molar-refractivity contribution in [3.63, 3.8) is 0 Å². The van der Waals surface area contributed by atoms with E-state index in [1.165, 1.54) is 18.4 Å². The summed E-state index contributed by atoms with van der Waals surface area (Å²) in [4.78, 5) is 10.6. The van der Waals surface area contributed by atoms with Crippen molar-refractivity contribution in [3.05, 3.63) is 42.9 Å². The molecular weight excluding hydrogens is 192 g/mol. The molecule has 13 heavy (non-hydrogen) atoms. The molecule has 0 bridgehead atoms. The molecule has 1 rings (SSSR count). The quantitative estimate of drug-likeness (QED) is 0.602. The summed E-state index contributed by atoms with van der Waals surface area (Å²) < 4.78 is 4.91. The number of hydrogen-bond acceptors (Lipinski definition) is 2. The lowest BCUT2D eigenvalue weighted by atomic mass is 10.2. The van der Waals surface area contributed by atoms with Crippen molar-refractivity contribution < 1.29 is 14.3 Å². The molecule has 0 amide bonds. The first-order valence-electron chi connectivity index (χ1n) is 3.35. The Hall–Kier alpha value is -1.48.